The highest BCUT2D eigenvalue weighted by Crippen LogP contribution is 2.30. The first-order chi connectivity index (χ1) is 14.2. The third kappa shape index (κ3) is 4.70. The summed E-state index contributed by atoms with van der Waals surface area (Å²) >= 11 is 0. The Kier molecular flexibility index (Phi) is 6.25. The molecule has 0 bridgehead atoms. The molecule has 0 saturated carbocycles. The lowest BCUT2D eigenvalue weighted by Gasteiger charge is -2.14. The average Bonchev–Trinajstić information content (AvgIpc) is 3.05. The Labute approximate surface area is 172 Å². The Morgan fingerprint density at radius 2 is 2.03 bits per heavy atom. The fraction of sp³-hybridized carbons (Fsp3) is 0.400. The number of halogens is 2. The predicted octanol–water partition coefficient (Wildman–Crippen LogP) is 3.51. The van der Waals surface area contributed by atoms with Crippen LogP contribution in [0.25, 0.3) is 16.7 Å². The first-order valence-corrected chi connectivity index (χ1v) is 9.51. The number of aryl methyl sites for hydroxylation is 1. The zero-order valence-electron chi connectivity index (χ0n) is 17.3. The van der Waals surface area contributed by atoms with Crippen molar-refractivity contribution in [3.63, 3.8) is 0 Å². The molecule has 0 unspecified atom stereocenters. The summed E-state index contributed by atoms with van der Waals surface area (Å²) in [5, 5.41) is 6.48. The molecule has 0 aromatic carbocycles. The van der Waals surface area contributed by atoms with E-state index in [1.807, 2.05) is 13.1 Å². The van der Waals surface area contributed by atoms with Gasteiger partial charge in [-0.25, -0.2) is 15.0 Å². The second-order valence-electron chi connectivity index (χ2n) is 6.89. The number of amides is 1. The van der Waals surface area contributed by atoms with Gasteiger partial charge in [0, 0.05) is 57.4 Å². The van der Waals surface area contributed by atoms with Crippen molar-refractivity contribution in [2.45, 2.75) is 33.1 Å². The van der Waals surface area contributed by atoms with Crippen molar-refractivity contribution in [3.8, 4) is 5.82 Å². The molecule has 0 aliphatic heterocycles. The normalized spacial score (nSPS) is 11.7. The van der Waals surface area contributed by atoms with Crippen LogP contribution >= 0.6 is 0 Å². The third-order valence-corrected chi connectivity index (χ3v) is 4.42. The number of pyridine rings is 1. The Morgan fingerprint density at radius 3 is 2.67 bits per heavy atom. The van der Waals surface area contributed by atoms with Gasteiger partial charge in [-0.2, -0.15) is 8.78 Å². The fourth-order valence-electron chi connectivity index (χ4n) is 3.03. The van der Waals surface area contributed by atoms with Crippen LogP contribution in [-0.2, 0) is 21.9 Å². The molecule has 30 heavy (non-hydrogen) atoms. The number of hydrogen-bond acceptors (Lipinski definition) is 6. The number of rotatable bonds is 8. The number of nitrogens with one attached hydrogen (secondary N) is 2. The van der Waals surface area contributed by atoms with E-state index in [-0.39, 0.29) is 17.5 Å². The van der Waals surface area contributed by atoms with Gasteiger partial charge in [-0.1, -0.05) is 6.92 Å². The molecule has 160 valence electrons. The van der Waals surface area contributed by atoms with Gasteiger partial charge in [-0.15, -0.1) is 0 Å². The standard InChI is InChI=1S/C20H24F2N6O2/c1-5-13-11-28(15-8-16(25-12(2)29)24-10-14(13)15)18-9-17(23-6-7-30-4)26-19(27-18)20(3,21)22/h8-11H,5-7H2,1-4H3,(H,23,26,27)(H,24,25,29). The molecule has 3 aromatic rings. The van der Waals surface area contributed by atoms with Crippen molar-refractivity contribution in [2.75, 3.05) is 30.9 Å². The molecule has 3 heterocycles. The Hall–Kier alpha value is -3.14. The first kappa shape index (κ1) is 21.6. The van der Waals surface area contributed by atoms with Gasteiger partial charge in [0.2, 0.25) is 11.7 Å². The van der Waals surface area contributed by atoms with E-state index >= 15 is 0 Å². The Morgan fingerprint density at radius 1 is 1.27 bits per heavy atom. The minimum Gasteiger partial charge on any atom is -0.383 e. The summed E-state index contributed by atoms with van der Waals surface area (Å²) in [4.78, 5) is 23.7. The molecule has 1 amide bonds. The lowest BCUT2D eigenvalue weighted by Crippen LogP contribution is -2.17. The topological polar surface area (TPSA) is 94.0 Å². The van der Waals surface area contributed by atoms with E-state index in [1.54, 1.807) is 30.0 Å². The van der Waals surface area contributed by atoms with Crippen molar-refractivity contribution in [2.24, 2.45) is 0 Å². The van der Waals surface area contributed by atoms with Crippen molar-refractivity contribution < 1.29 is 18.3 Å². The molecule has 0 aliphatic rings. The van der Waals surface area contributed by atoms with Crippen LogP contribution in [0.5, 0.6) is 0 Å². The number of hydrogen-bond donors (Lipinski definition) is 2. The second-order valence-corrected chi connectivity index (χ2v) is 6.89. The molecule has 3 rings (SSSR count). The van der Waals surface area contributed by atoms with E-state index in [0.29, 0.717) is 30.9 Å². The van der Waals surface area contributed by atoms with Crippen LogP contribution in [-0.4, -0.2) is 45.7 Å². The van der Waals surface area contributed by atoms with Gasteiger partial charge in [0.25, 0.3) is 0 Å². The summed E-state index contributed by atoms with van der Waals surface area (Å²) in [6, 6.07) is 3.29. The van der Waals surface area contributed by atoms with Crippen LogP contribution in [0.3, 0.4) is 0 Å². The number of methoxy groups -OCH3 is 1. The lowest BCUT2D eigenvalue weighted by molar-refractivity contribution is -0.114. The lowest BCUT2D eigenvalue weighted by atomic mass is 10.2. The van der Waals surface area contributed by atoms with Gasteiger partial charge < -0.3 is 19.9 Å². The zero-order valence-corrected chi connectivity index (χ0v) is 17.3. The fourth-order valence-corrected chi connectivity index (χ4v) is 3.03. The molecule has 0 aliphatic carbocycles. The molecular formula is C20H24F2N6O2. The van der Waals surface area contributed by atoms with Crippen molar-refractivity contribution in [1.29, 1.82) is 0 Å². The largest absolute Gasteiger partial charge is 0.383 e. The maximum atomic E-state index is 14.1. The predicted molar refractivity (Wildman–Crippen MR) is 110 cm³/mol. The number of fused-ring (bicyclic) bond motifs is 1. The van der Waals surface area contributed by atoms with Gasteiger partial charge in [-0.3, -0.25) is 4.79 Å². The summed E-state index contributed by atoms with van der Waals surface area (Å²) in [7, 11) is 1.55. The van der Waals surface area contributed by atoms with Crippen LogP contribution in [0.2, 0.25) is 0 Å². The van der Waals surface area contributed by atoms with Crippen molar-refractivity contribution >= 4 is 28.4 Å². The van der Waals surface area contributed by atoms with Crippen LogP contribution in [0.15, 0.2) is 24.5 Å². The molecule has 10 heteroatoms. The number of aromatic nitrogens is 4. The number of alkyl halides is 2. The van der Waals surface area contributed by atoms with Crippen LogP contribution < -0.4 is 10.6 Å². The summed E-state index contributed by atoms with van der Waals surface area (Å²) in [5.41, 5.74) is 1.67. The summed E-state index contributed by atoms with van der Waals surface area (Å²) < 4.78 is 34.8. The molecule has 8 nitrogen and oxygen atoms in total. The molecule has 3 aromatic heterocycles. The summed E-state index contributed by atoms with van der Waals surface area (Å²) in [6.07, 6.45) is 4.21. The van der Waals surface area contributed by atoms with E-state index < -0.39 is 11.7 Å². The summed E-state index contributed by atoms with van der Waals surface area (Å²) in [5.74, 6) is -3.14. The second kappa shape index (κ2) is 8.70. The van der Waals surface area contributed by atoms with E-state index in [2.05, 4.69) is 25.6 Å². The van der Waals surface area contributed by atoms with Gasteiger partial charge in [0.1, 0.15) is 17.5 Å². The van der Waals surface area contributed by atoms with Gasteiger partial charge in [-0.05, 0) is 12.0 Å². The van der Waals surface area contributed by atoms with E-state index in [0.717, 1.165) is 17.9 Å². The highest BCUT2D eigenvalue weighted by Gasteiger charge is 2.29. The summed E-state index contributed by atoms with van der Waals surface area (Å²) in [6.45, 7) is 4.94. The van der Waals surface area contributed by atoms with Crippen molar-refractivity contribution in [3.05, 3.63) is 35.9 Å². The maximum Gasteiger partial charge on any atom is 0.303 e. The molecule has 2 N–H and O–H groups in total. The van der Waals surface area contributed by atoms with Gasteiger partial charge in [0.05, 0.1) is 12.1 Å². The van der Waals surface area contributed by atoms with Crippen LogP contribution in [0, 0.1) is 0 Å². The van der Waals surface area contributed by atoms with Crippen LogP contribution in [0.4, 0.5) is 20.4 Å². The average molecular weight is 418 g/mol. The molecule has 0 spiro atoms. The molecule has 0 radical (unpaired) electrons. The van der Waals surface area contributed by atoms with E-state index in [9.17, 15) is 13.6 Å². The maximum absolute atomic E-state index is 14.1. The molecule has 0 saturated heterocycles. The smallest absolute Gasteiger partial charge is 0.303 e. The van der Waals surface area contributed by atoms with Crippen molar-refractivity contribution in [1.82, 2.24) is 19.5 Å². The molecule has 0 fully saturated rings. The van der Waals surface area contributed by atoms with Crippen LogP contribution in [0.1, 0.15) is 32.2 Å². The number of ether oxygens (including phenoxy) is 1. The monoisotopic (exact) mass is 418 g/mol. The number of anilines is 2. The zero-order chi connectivity index (χ0) is 21.9. The Bertz CT molecular complexity index is 1060. The number of carbonyl (C=O) groups is 1. The quantitative estimate of drug-likeness (QED) is 0.544. The van der Waals surface area contributed by atoms with E-state index in [1.165, 1.54) is 6.92 Å². The minimum atomic E-state index is -3.22. The van der Waals surface area contributed by atoms with Gasteiger partial charge in [0.15, 0.2) is 0 Å². The highest BCUT2D eigenvalue weighted by atomic mass is 19.3. The molecular weight excluding hydrogens is 394 g/mol. The highest BCUT2D eigenvalue weighted by molar-refractivity contribution is 5.92. The molecule has 0 atom stereocenters. The minimum absolute atomic E-state index is 0.254. The number of nitrogens with zero attached hydrogens (tertiary/aromatic N) is 4. The number of carbonyl (C=O) groups excluding carboxylic acids is 1. The first-order valence-electron chi connectivity index (χ1n) is 9.51. The van der Waals surface area contributed by atoms with E-state index in [4.69, 9.17) is 4.74 Å². The SMILES string of the molecule is CCc1cn(-c2cc(NCCOC)nc(C(C)(F)F)n2)c2cc(NC(C)=O)ncc12. The third-order valence-electron chi connectivity index (χ3n) is 4.42. The van der Waals surface area contributed by atoms with Gasteiger partial charge >= 0.3 is 5.92 Å². The Balaban J connectivity index is 2.17.